The molecule has 90 valence electrons. The van der Waals surface area contributed by atoms with E-state index in [1.165, 1.54) is 0 Å². The van der Waals surface area contributed by atoms with E-state index in [-0.39, 0.29) is 5.92 Å². The first-order valence-corrected chi connectivity index (χ1v) is 5.95. The molecule has 1 aliphatic heterocycles. The highest BCUT2D eigenvalue weighted by atomic mass is 16.3. The number of nitrogens with zero attached hydrogens (tertiary/aromatic N) is 2. The fourth-order valence-electron chi connectivity index (χ4n) is 2.31. The van der Waals surface area contributed by atoms with Crippen LogP contribution in [0.3, 0.4) is 0 Å². The van der Waals surface area contributed by atoms with Crippen molar-refractivity contribution in [2.75, 3.05) is 18.0 Å². The minimum Gasteiger partial charge on any atom is -0.386 e. The van der Waals surface area contributed by atoms with Gasteiger partial charge in [-0.15, -0.1) is 0 Å². The summed E-state index contributed by atoms with van der Waals surface area (Å²) < 4.78 is 0. The van der Waals surface area contributed by atoms with E-state index in [9.17, 15) is 5.11 Å². The van der Waals surface area contributed by atoms with Crippen molar-refractivity contribution < 1.29 is 5.11 Å². The quantitative estimate of drug-likeness (QED) is 0.846. The Morgan fingerprint density at radius 2 is 2.06 bits per heavy atom. The Kier molecular flexibility index (Phi) is 2.84. The summed E-state index contributed by atoms with van der Waals surface area (Å²) in [6.45, 7) is 7.29. The first-order chi connectivity index (χ1) is 7.98. The lowest BCUT2D eigenvalue weighted by Gasteiger charge is -2.51. The normalized spacial score (nSPS) is 17.8. The average molecular weight is 230 g/mol. The van der Waals surface area contributed by atoms with Gasteiger partial charge >= 0.3 is 0 Å². The molecule has 0 aromatic heterocycles. The highest BCUT2D eigenvalue weighted by Crippen LogP contribution is 2.36. The Balaban J connectivity index is 2.25. The van der Waals surface area contributed by atoms with Crippen molar-refractivity contribution in [1.29, 1.82) is 5.26 Å². The molecule has 17 heavy (non-hydrogen) atoms. The maximum atomic E-state index is 10.2. The molecule has 3 heteroatoms. The Hall–Kier alpha value is -1.53. The first-order valence-electron chi connectivity index (χ1n) is 5.95. The smallest absolute Gasteiger partial charge is 0.102 e. The number of aliphatic hydroxyl groups is 1. The summed E-state index contributed by atoms with van der Waals surface area (Å²) in [5, 5.41) is 19.4. The summed E-state index contributed by atoms with van der Waals surface area (Å²) in [6.07, 6.45) is 0. The van der Waals surface area contributed by atoms with Crippen LogP contribution < -0.4 is 4.90 Å². The number of aryl methyl sites for hydroxylation is 1. The van der Waals surface area contributed by atoms with Crippen molar-refractivity contribution in [2.45, 2.75) is 26.4 Å². The van der Waals surface area contributed by atoms with Gasteiger partial charge < -0.3 is 10.0 Å². The molecule has 0 radical (unpaired) electrons. The summed E-state index contributed by atoms with van der Waals surface area (Å²) >= 11 is 0. The molecule has 1 aliphatic rings. The van der Waals surface area contributed by atoms with Gasteiger partial charge in [-0.05, 0) is 24.5 Å². The number of β-amino-alcohol motifs (C(OH)–C–C–N with tert-alkyl or cyclic N) is 1. The van der Waals surface area contributed by atoms with E-state index < -0.39 is 5.60 Å². The van der Waals surface area contributed by atoms with Gasteiger partial charge in [-0.3, -0.25) is 0 Å². The molecule has 0 unspecified atom stereocenters. The number of nitriles is 1. The number of benzene rings is 1. The summed E-state index contributed by atoms with van der Waals surface area (Å²) in [5.41, 5.74) is 2.15. The zero-order valence-electron chi connectivity index (χ0n) is 10.6. The van der Waals surface area contributed by atoms with Crippen LogP contribution in [-0.4, -0.2) is 23.8 Å². The molecular weight excluding hydrogens is 212 g/mol. The molecule has 0 bridgehead atoms. The minimum atomic E-state index is -0.602. The molecule has 0 atom stereocenters. The van der Waals surface area contributed by atoms with E-state index in [0.717, 1.165) is 11.3 Å². The van der Waals surface area contributed by atoms with Crippen LogP contribution >= 0.6 is 0 Å². The summed E-state index contributed by atoms with van der Waals surface area (Å²) in [6, 6.07) is 7.94. The van der Waals surface area contributed by atoms with E-state index in [2.05, 4.69) is 11.0 Å². The molecule has 1 saturated heterocycles. The van der Waals surface area contributed by atoms with Gasteiger partial charge in [-0.1, -0.05) is 26.0 Å². The minimum absolute atomic E-state index is 0.244. The topological polar surface area (TPSA) is 47.3 Å². The van der Waals surface area contributed by atoms with Gasteiger partial charge in [0.25, 0.3) is 0 Å². The molecule has 1 fully saturated rings. The predicted octanol–water partition coefficient (Wildman–Crippen LogP) is 2.07. The van der Waals surface area contributed by atoms with Crippen LogP contribution in [0.15, 0.2) is 18.2 Å². The third kappa shape index (κ3) is 1.89. The van der Waals surface area contributed by atoms with Crippen molar-refractivity contribution in [3.8, 4) is 6.07 Å². The van der Waals surface area contributed by atoms with Gasteiger partial charge in [-0.2, -0.15) is 5.26 Å². The third-order valence-corrected chi connectivity index (χ3v) is 3.68. The molecule has 1 N–H and O–H groups in total. The number of hydrogen-bond acceptors (Lipinski definition) is 3. The Bertz CT molecular complexity index is 468. The molecule has 1 aromatic rings. The highest BCUT2D eigenvalue weighted by Gasteiger charge is 2.44. The molecule has 3 nitrogen and oxygen atoms in total. The van der Waals surface area contributed by atoms with Crippen molar-refractivity contribution in [3.63, 3.8) is 0 Å². The van der Waals surface area contributed by atoms with E-state index in [1.807, 2.05) is 39.0 Å². The van der Waals surface area contributed by atoms with Gasteiger partial charge in [0, 0.05) is 13.1 Å². The Labute approximate surface area is 102 Å². The summed E-state index contributed by atoms with van der Waals surface area (Å²) in [5.74, 6) is 0.244. The summed E-state index contributed by atoms with van der Waals surface area (Å²) in [7, 11) is 0. The molecule has 0 saturated carbocycles. The molecule has 1 heterocycles. The fraction of sp³-hybridized carbons (Fsp3) is 0.500. The lowest BCUT2D eigenvalue weighted by Crippen LogP contribution is -2.65. The maximum absolute atomic E-state index is 10.2. The number of rotatable bonds is 2. The molecule has 0 spiro atoms. The van der Waals surface area contributed by atoms with Gasteiger partial charge in [0.05, 0.1) is 11.3 Å². The Morgan fingerprint density at radius 3 is 2.59 bits per heavy atom. The van der Waals surface area contributed by atoms with Gasteiger partial charge in [-0.25, -0.2) is 0 Å². The molecule has 1 aromatic carbocycles. The van der Waals surface area contributed by atoms with Crippen LogP contribution in [0.1, 0.15) is 25.0 Å². The second-order valence-corrected chi connectivity index (χ2v) is 5.20. The lowest BCUT2D eigenvalue weighted by atomic mass is 9.82. The number of anilines is 1. The second-order valence-electron chi connectivity index (χ2n) is 5.20. The molecule has 0 amide bonds. The monoisotopic (exact) mass is 230 g/mol. The lowest BCUT2D eigenvalue weighted by molar-refractivity contribution is -0.0301. The maximum Gasteiger partial charge on any atom is 0.102 e. The molecule has 2 rings (SSSR count). The van der Waals surface area contributed by atoms with E-state index >= 15 is 0 Å². The van der Waals surface area contributed by atoms with E-state index in [1.54, 1.807) is 0 Å². The SMILES string of the molecule is Cc1cccc(C#N)c1N1CC(O)(C(C)C)C1. The zero-order chi connectivity index (χ0) is 12.6. The molecular formula is C14H18N2O. The largest absolute Gasteiger partial charge is 0.386 e. The van der Waals surface area contributed by atoms with Crippen LogP contribution in [-0.2, 0) is 0 Å². The second kappa shape index (κ2) is 4.05. The van der Waals surface area contributed by atoms with Crippen molar-refractivity contribution in [3.05, 3.63) is 29.3 Å². The average Bonchev–Trinajstić information content (AvgIpc) is 2.24. The van der Waals surface area contributed by atoms with Crippen molar-refractivity contribution in [1.82, 2.24) is 0 Å². The van der Waals surface area contributed by atoms with Crippen LogP contribution in [0.5, 0.6) is 0 Å². The fourth-order valence-corrected chi connectivity index (χ4v) is 2.31. The zero-order valence-corrected chi connectivity index (χ0v) is 10.6. The van der Waals surface area contributed by atoms with Gasteiger partial charge in [0.1, 0.15) is 11.7 Å². The summed E-state index contributed by atoms with van der Waals surface area (Å²) in [4.78, 5) is 2.09. The highest BCUT2D eigenvalue weighted by molar-refractivity contribution is 5.66. The third-order valence-electron chi connectivity index (χ3n) is 3.68. The van der Waals surface area contributed by atoms with Crippen LogP contribution in [0, 0.1) is 24.2 Å². The van der Waals surface area contributed by atoms with Crippen molar-refractivity contribution in [2.24, 2.45) is 5.92 Å². The van der Waals surface area contributed by atoms with Crippen molar-refractivity contribution >= 4 is 5.69 Å². The van der Waals surface area contributed by atoms with Crippen LogP contribution in [0.2, 0.25) is 0 Å². The molecule has 0 aliphatic carbocycles. The first kappa shape index (κ1) is 11.9. The number of hydrogen-bond donors (Lipinski definition) is 1. The standard InChI is InChI=1S/C14H18N2O/c1-10(2)14(17)8-16(9-14)13-11(3)5-4-6-12(13)7-15/h4-6,10,17H,8-9H2,1-3H3. The van der Waals surface area contributed by atoms with E-state index in [0.29, 0.717) is 18.7 Å². The Morgan fingerprint density at radius 1 is 1.41 bits per heavy atom. The predicted molar refractivity (Wildman–Crippen MR) is 67.9 cm³/mol. The van der Waals surface area contributed by atoms with Crippen LogP contribution in [0.4, 0.5) is 5.69 Å². The van der Waals surface area contributed by atoms with Gasteiger partial charge in [0.2, 0.25) is 0 Å². The number of para-hydroxylation sites is 1. The van der Waals surface area contributed by atoms with Gasteiger partial charge in [0.15, 0.2) is 0 Å². The van der Waals surface area contributed by atoms with Crippen LogP contribution in [0.25, 0.3) is 0 Å². The van der Waals surface area contributed by atoms with E-state index in [4.69, 9.17) is 5.26 Å².